The van der Waals surface area contributed by atoms with Crippen molar-refractivity contribution in [3.8, 4) is 0 Å². The average molecular weight is 292 g/mol. The summed E-state index contributed by atoms with van der Waals surface area (Å²) >= 11 is 0. The van der Waals surface area contributed by atoms with Gasteiger partial charge in [0.2, 0.25) is 0 Å². The van der Waals surface area contributed by atoms with Crippen molar-refractivity contribution in [3.63, 3.8) is 0 Å². The predicted molar refractivity (Wildman–Crippen MR) is 87.9 cm³/mol. The van der Waals surface area contributed by atoms with Gasteiger partial charge in [0.05, 0.1) is 0 Å². The quantitative estimate of drug-likeness (QED) is 0.695. The second-order valence-electron chi connectivity index (χ2n) is 5.53. The summed E-state index contributed by atoms with van der Waals surface area (Å²) in [6.07, 6.45) is 3.05. The number of aliphatic carboxylic acids is 1. The number of para-hydroxylation sites is 1. The molecule has 1 aromatic rings. The number of nitrogens with zero attached hydrogens (tertiary/aromatic N) is 1. The first-order chi connectivity index (χ1) is 10.1. The number of anilines is 1. The number of nitrogens with one attached hydrogen (secondary N) is 1. The molecule has 0 saturated carbocycles. The van der Waals surface area contributed by atoms with E-state index in [0.717, 1.165) is 31.6 Å². The van der Waals surface area contributed by atoms with Crippen LogP contribution in [0.25, 0.3) is 0 Å². The molecule has 118 valence electrons. The first-order valence-corrected chi connectivity index (χ1v) is 7.80. The Hall–Kier alpha value is -1.55. The van der Waals surface area contributed by atoms with Gasteiger partial charge < -0.3 is 15.3 Å². The van der Waals surface area contributed by atoms with Gasteiger partial charge >= 0.3 is 5.97 Å². The number of rotatable bonds is 10. The third-order valence-electron chi connectivity index (χ3n) is 4.02. The van der Waals surface area contributed by atoms with Gasteiger partial charge in [0.15, 0.2) is 0 Å². The van der Waals surface area contributed by atoms with Crippen LogP contribution in [0.1, 0.15) is 39.5 Å². The zero-order valence-electron chi connectivity index (χ0n) is 13.4. The van der Waals surface area contributed by atoms with Crippen LogP contribution in [0.15, 0.2) is 30.3 Å². The molecule has 1 aromatic carbocycles. The normalized spacial score (nSPS) is 13.7. The van der Waals surface area contributed by atoms with E-state index in [0.29, 0.717) is 12.8 Å². The van der Waals surface area contributed by atoms with Crippen LogP contribution in [0.3, 0.4) is 0 Å². The van der Waals surface area contributed by atoms with E-state index in [1.807, 2.05) is 32.2 Å². The lowest BCUT2D eigenvalue weighted by Crippen LogP contribution is -2.52. The van der Waals surface area contributed by atoms with Crippen LogP contribution >= 0.6 is 0 Å². The van der Waals surface area contributed by atoms with Gasteiger partial charge in [0.25, 0.3) is 0 Å². The van der Waals surface area contributed by atoms with E-state index in [1.54, 1.807) is 0 Å². The summed E-state index contributed by atoms with van der Waals surface area (Å²) in [5.41, 5.74) is 0.379. The molecule has 21 heavy (non-hydrogen) atoms. The number of carbonyl (C=O) groups is 1. The molecule has 0 bridgehead atoms. The fourth-order valence-corrected chi connectivity index (χ4v) is 2.52. The van der Waals surface area contributed by atoms with Gasteiger partial charge in [0.1, 0.15) is 5.54 Å². The summed E-state index contributed by atoms with van der Waals surface area (Å²) in [5.74, 6) is -0.735. The average Bonchev–Trinajstić information content (AvgIpc) is 2.51. The van der Waals surface area contributed by atoms with Gasteiger partial charge in [-0.2, -0.15) is 0 Å². The first-order valence-electron chi connectivity index (χ1n) is 7.80. The van der Waals surface area contributed by atoms with E-state index in [9.17, 15) is 9.90 Å². The van der Waals surface area contributed by atoms with Crippen LogP contribution in [0.2, 0.25) is 0 Å². The zero-order chi connectivity index (χ0) is 15.7. The van der Waals surface area contributed by atoms with Crippen molar-refractivity contribution in [2.24, 2.45) is 0 Å². The van der Waals surface area contributed by atoms with E-state index in [4.69, 9.17) is 0 Å². The maximum Gasteiger partial charge on any atom is 0.323 e. The Bertz CT molecular complexity index is 422. The number of carboxylic acid groups (broad SMARTS) is 1. The largest absolute Gasteiger partial charge is 0.480 e. The van der Waals surface area contributed by atoms with E-state index in [-0.39, 0.29) is 0 Å². The second kappa shape index (κ2) is 8.67. The molecule has 0 aromatic heterocycles. The van der Waals surface area contributed by atoms with Gasteiger partial charge in [-0.1, -0.05) is 32.0 Å². The Balaban J connectivity index is 2.55. The van der Waals surface area contributed by atoms with Gasteiger partial charge in [-0.05, 0) is 44.4 Å². The van der Waals surface area contributed by atoms with Crippen molar-refractivity contribution in [2.45, 2.75) is 45.1 Å². The summed E-state index contributed by atoms with van der Waals surface area (Å²) in [6, 6.07) is 10.2. The molecule has 0 saturated heterocycles. The molecule has 0 aliphatic carbocycles. The number of hydrogen-bond donors (Lipinski definition) is 2. The molecule has 1 atom stereocenters. The minimum absolute atomic E-state index is 0.609. The smallest absolute Gasteiger partial charge is 0.323 e. The van der Waals surface area contributed by atoms with Crippen LogP contribution in [-0.2, 0) is 4.79 Å². The lowest BCUT2D eigenvalue weighted by atomic mass is 9.90. The molecule has 0 heterocycles. The molecule has 4 heteroatoms. The van der Waals surface area contributed by atoms with E-state index >= 15 is 0 Å². The minimum atomic E-state index is -0.784. The third kappa shape index (κ3) is 5.05. The second-order valence-corrected chi connectivity index (χ2v) is 5.53. The molecule has 2 N–H and O–H groups in total. The molecule has 0 aliphatic rings. The number of carboxylic acids is 1. The van der Waals surface area contributed by atoms with Crippen LogP contribution in [-0.4, -0.2) is 36.8 Å². The lowest BCUT2D eigenvalue weighted by Gasteiger charge is -2.30. The monoisotopic (exact) mass is 292 g/mol. The van der Waals surface area contributed by atoms with E-state index in [1.165, 1.54) is 0 Å². The summed E-state index contributed by atoms with van der Waals surface area (Å²) < 4.78 is 0. The van der Waals surface area contributed by atoms with Crippen LogP contribution < -0.4 is 10.2 Å². The molecule has 0 radical (unpaired) electrons. The number of benzene rings is 1. The molecule has 1 rings (SSSR count). The topological polar surface area (TPSA) is 52.6 Å². The van der Waals surface area contributed by atoms with Crippen molar-refractivity contribution < 1.29 is 9.90 Å². The molecule has 0 amide bonds. The molecule has 0 aliphatic heterocycles. The minimum Gasteiger partial charge on any atom is -0.480 e. The lowest BCUT2D eigenvalue weighted by molar-refractivity contribution is -0.145. The van der Waals surface area contributed by atoms with Crippen LogP contribution in [0, 0.1) is 0 Å². The van der Waals surface area contributed by atoms with Crippen LogP contribution in [0.4, 0.5) is 5.69 Å². The van der Waals surface area contributed by atoms with Gasteiger partial charge in [-0.3, -0.25) is 4.79 Å². The third-order valence-corrected chi connectivity index (χ3v) is 4.02. The highest BCUT2D eigenvalue weighted by Crippen LogP contribution is 2.20. The Morgan fingerprint density at radius 2 is 1.95 bits per heavy atom. The first kappa shape index (κ1) is 17.5. The highest BCUT2D eigenvalue weighted by Gasteiger charge is 2.35. The predicted octanol–water partition coefficient (Wildman–Crippen LogP) is 3.14. The Morgan fingerprint density at radius 1 is 1.29 bits per heavy atom. The van der Waals surface area contributed by atoms with Crippen molar-refractivity contribution in [1.82, 2.24) is 5.32 Å². The Morgan fingerprint density at radius 3 is 2.48 bits per heavy atom. The van der Waals surface area contributed by atoms with E-state index < -0.39 is 11.5 Å². The van der Waals surface area contributed by atoms with Crippen molar-refractivity contribution in [2.75, 3.05) is 25.0 Å². The SMILES string of the molecule is CCCNC(CC)(CCCN(C)c1ccccc1)C(=O)O. The van der Waals surface area contributed by atoms with Crippen molar-refractivity contribution in [3.05, 3.63) is 30.3 Å². The highest BCUT2D eigenvalue weighted by molar-refractivity contribution is 5.78. The Labute approximate surface area is 128 Å². The maximum absolute atomic E-state index is 11.6. The molecular formula is C17H28N2O2. The molecule has 4 nitrogen and oxygen atoms in total. The van der Waals surface area contributed by atoms with Gasteiger partial charge in [0, 0.05) is 19.3 Å². The molecule has 1 unspecified atom stereocenters. The van der Waals surface area contributed by atoms with E-state index in [2.05, 4.69) is 29.3 Å². The maximum atomic E-state index is 11.6. The highest BCUT2D eigenvalue weighted by atomic mass is 16.4. The summed E-state index contributed by atoms with van der Waals surface area (Å²) in [5, 5.41) is 12.8. The Kier molecular flexibility index (Phi) is 7.23. The van der Waals surface area contributed by atoms with Gasteiger partial charge in [-0.15, -0.1) is 0 Å². The van der Waals surface area contributed by atoms with Gasteiger partial charge in [-0.25, -0.2) is 0 Å². The molecular weight excluding hydrogens is 264 g/mol. The summed E-state index contributed by atoms with van der Waals surface area (Å²) in [7, 11) is 2.04. The van der Waals surface area contributed by atoms with Crippen LogP contribution in [0.5, 0.6) is 0 Å². The number of hydrogen-bond acceptors (Lipinski definition) is 3. The summed E-state index contributed by atoms with van der Waals surface area (Å²) in [4.78, 5) is 13.8. The van der Waals surface area contributed by atoms with Crippen molar-refractivity contribution in [1.29, 1.82) is 0 Å². The summed E-state index contributed by atoms with van der Waals surface area (Å²) in [6.45, 7) is 5.59. The molecule has 0 spiro atoms. The fraction of sp³-hybridized carbons (Fsp3) is 0.588. The fourth-order valence-electron chi connectivity index (χ4n) is 2.52. The zero-order valence-corrected chi connectivity index (χ0v) is 13.4. The standard InChI is InChI=1S/C17H28N2O2/c1-4-13-18-17(5-2,16(20)21)12-9-14-19(3)15-10-7-6-8-11-15/h6-8,10-11,18H,4-5,9,12-14H2,1-3H3,(H,20,21). The molecule has 0 fully saturated rings. The van der Waals surface area contributed by atoms with Crippen molar-refractivity contribution >= 4 is 11.7 Å².